The molecule has 2 heterocycles. The number of carbonyl (C=O) groups excluding carboxylic acids is 1. The number of rotatable bonds is 2. The van der Waals surface area contributed by atoms with Gasteiger partial charge in [-0.2, -0.15) is 0 Å². The predicted octanol–water partition coefficient (Wildman–Crippen LogP) is 2.05. The van der Waals surface area contributed by atoms with Gasteiger partial charge in [0.05, 0.1) is 23.5 Å². The molecule has 108 valence electrons. The molecular weight excluding hydrogens is 298 g/mol. The summed E-state index contributed by atoms with van der Waals surface area (Å²) in [7, 11) is -3.01. The van der Waals surface area contributed by atoms with Gasteiger partial charge in [0.15, 0.2) is 9.84 Å². The maximum Gasteiger partial charge on any atom is 0.227 e. The monoisotopic (exact) mass is 313 g/mol. The van der Waals surface area contributed by atoms with Crippen molar-refractivity contribution < 1.29 is 13.2 Å². The molecule has 2 aliphatic rings. The van der Waals surface area contributed by atoms with E-state index < -0.39 is 9.84 Å². The smallest absolute Gasteiger partial charge is 0.227 e. The zero-order valence-corrected chi connectivity index (χ0v) is 12.5. The van der Waals surface area contributed by atoms with Crippen LogP contribution in [0, 0.1) is 5.92 Å². The molecule has 1 aromatic rings. The zero-order chi connectivity index (χ0) is 14.3. The minimum atomic E-state index is -3.01. The quantitative estimate of drug-likeness (QED) is 0.839. The molecule has 1 aromatic carbocycles. The SMILES string of the molecule is O=C(C1CCS(=O)(=O)C1)N1CCC1c1ccc(Cl)cc1. The lowest BCUT2D eigenvalue weighted by molar-refractivity contribution is -0.142. The number of halogens is 1. The van der Waals surface area contributed by atoms with Crippen LogP contribution in [0.5, 0.6) is 0 Å². The lowest BCUT2D eigenvalue weighted by atomic mass is 9.92. The Bertz CT molecular complexity index is 626. The van der Waals surface area contributed by atoms with Crippen LogP contribution < -0.4 is 0 Å². The Balaban J connectivity index is 1.72. The van der Waals surface area contributed by atoms with E-state index in [1.54, 1.807) is 4.90 Å². The molecule has 20 heavy (non-hydrogen) atoms. The lowest BCUT2D eigenvalue weighted by Crippen LogP contribution is -2.48. The fourth-order valence-corrected chi connectivity index (χ4v) is 4.77. The normalized spacial score (nSPS) is 28.1. The van der Waals surface area contributed by atoms with Gasteiger partial charge in [-0.1, -0.05) is 23.7 Å². The number of sulfone groups is 1. The standard InChI is InChI=1S/C14H16ClNO3S/c15-12-3-1-10(2-4-12)13-5-7-16(13)14(17)11-6-8-20(18,19)9-11/h1-4,11,13H,5-9H2. The number of likely N-dealkylation sites (tertiary alicyclic amines) is 1. The summed E-state index contributed by atoms with van der Waals surface area (Å²) in [6.07, 6.45) is 1.39. The molecule has 2 fully saturated rings. The Morgan fingerprint density at radius 1 is 1.20 bits per heavy atom. The molecule has 0 radical (unpaired) electrons. The predicted molar refractivity (Wildman–Crippen MR) is 77.3 cm³/mol. The number of benzene rings is 1. The number of hydrogen-bond acceptors (Lipinski definition) is 3. The third-order valence-electron chi connectivity index (χ3n) is 4.14. The van der Waals surface area contributed by atoms with Crippen LogP contribution in [0.25, 0.3) is 0 Å². The van der Waals surface area contributed by atoms with E-state index in [4.69, 9.17) is 11.6 Å². The van der Waals surface area contributed by atoms with Crippen LogP contribution in [0.2, 0.25) is 5.02 Å². The summed E-state index contributed by atoms with van der Waals surface area (Å²) in [5, 5.41) is 0.674. The number of hydrogen-bond donors (Lipinski definition) is 0. The third-order valence-corrected chi connectivity index (χ3v) is 6.16. The first-order valence-electron chi connectivity index (χ1n) is 6.73. The molecule has 4 nitrogen and oxygen atoms in total. The Morgan fingerprint density at radius 2 is 1.90 bits per heavy atom. The second-order valence-corrected chi connectivity index (χ2v) is 8.15. The van der Waals surface area contributed by atoms with E-state index in [0.29, 0.717) is 18.0 Å². The highest BCUT2D eigenvalue weighted by atomic mass is 35.5. The summed E-state index contributed by atoms with van der Waals surface area (Å²) < 4.78 is 23.0. The highest BCUT2D eigenvalue weighted by molar-refractivity contribution is 7.91. The van der Waals surface area contributed by atoms with Gasteiger partial charge in [-0.25, -0.2) is 8.42 Å². The van der Waals surface area contributed by atoms with Crippen LogP contribution in [0.4, 0.5) is 0 Å². The molecule has 3 rings (SSSR count). The third kappa shape index (κ3) is 2.56. The molecule has 1 amide bonds. The Hall–Kier alpha value is -1.07. The van der Waals surface area contributed by atoms with Crippen molar-refractivity contribution in [2.45, 2.75) is 18.9 Å². The molecule has 0 aliphatic carbocycles. The van der Waals surface area contributed by atoms with Crippen molar-refractivity contribution >= 4 is 27.3 Å². The van der Waals surface area contributed by atoms with Crippen molar-refractivity contribution in [1.82, 2.24) is 4.90 Å². The first-order chi connectivity index (χ1) is 9.46. The molecule has 0 bridgehead atoms. The average Bonchev–Trinajstić information content (AvgIpc) is 2.71. The topological polar surface area (TPSA) is 54.5 Å². The molecule has 2 saturated heterocycles. The lowest BCUT2D eigenvalue weighted by Gasteiger charge is -2.42. The van der Waals surface area contributed by atoms with E-state index >= 15 is 0 Å². The highest BCUT2D eigenvalue weighted by Crippen LogP contribution is 2.36. The summed E-state index contributed by atoms with van der Waals surface area (Å²) >= 11 is 5.86. The minimum Gasteiger partial charge on any atom is -0.335 e. The number of nitrogens with zero attached hydrogens (tertiary/aromatic N) is 1. The van der Waals surface area contributed by atoms with Crippen LogP contribution in [0.3, 0.4) is 0 Å². The molecule has 0 aromatic heterocycles. The Kier molecular flexibility index (Phi) is 3.50. The maximum absolute atomic E-state index is 12.4. The maximum atomic E-state index is 12.4. The Morgan fingerprint density at radius 3 is 2.40 bits per heavy atom. The number of carbonyl (C=O) groups is 1. The van der Waals surface area contributed by atoms with Gasteiger partial charge in [0, 0.05) is 11.6 Å². The molecule has 2 aliphatic heterocycles. The summed E-state index contributed by atoms with van der Waals surface area (Å²) in [6.45, 7) is 0.711. The van der Waals surface area contributed by atoms with Gasteiger partial charge in [0.1, 0.15) is 0 Å². The Labute approximate surface area is 123 Å². The van der Waals surface area contributed by atoms with E-state index in [1.807, 2.05) is 24.3 Å². The minimum absolute atomic E-state index is 0.00959. The van der Waals surface area contributed by atoms with Gasteiger partial charge in [-0.3, -0.25) is 4.79 Å². The van der Waals surface area contributed by atoms with Gasteiger partial charge < -0.3 is 4.90 Å². The van der Waals surface area contributed by atoms with Crippen LogP contribution in [-0.2, 0) is 14.6 Å². The number of amides is 1. The van der Waals surface area contributed by atoms with Gasteiger partial charge >= 0.3 is 0 Å². The molecule has 2 unspecified atom stereocenters. The summed E-state index contributed by atoms with van der Waals surface area (Å²) in [6, 6.07) is 7.56. The van der Waals surface area contributed by atoms with E-state index in [0.717, 1.165) is 12.0 Å². The molecule has 6 heteroatoms. The van der Waals surface area contributed by atoms with Crippen LogP contribution >= 0.6 is 11.6 Å². The van der Waals surface area contributed by atoms with Crippen LogP contribution in [0.1, 0.15) is 24.4 Å². The van der Waals surface area contributed by atoms with Crippen LogP contribution in [-0.4, -0.2) is 37.3 Å². The highest BCUT2D eigenvalue weighted by Gasteiger charge is 2.41. The van der Waals surface area contributed by atoms with E-state index in [-0.39, 0.29) is 29.4 Å². The van der Waals surface area contributed by atoms with Gasteiger partial charge in [-0.15, -0.1) is 0 Å². The summed E-state index contributed by atoms with van der Waals surface area (Å²) in [4.78, 5) is 14.2. The van der Waals surface area contributed by atoms with Crippen molar-refractivity contribution in [3.63, 3.8) is 0 Å². The molecular formula is C14H16ClNO3S. The van der Waals surface area contributed by atoms with Gasteiger partial charge in [0.25, 0.3) is 0 Å². The van der Waals surface area contributed by atoms with Crippen molar-refractivity contribution in [1.29, 1.82) is 0 Å². The van der Waals surface area contributed by atoms with Gasteiger partial charge in [-0.05, 0) is 30.5 Å². The first kappa shape index (κ1) is 13.9. The van der Waals surface area contributed by atoms with Crippen molar-refractivity contribution in [2.75, 3.05) is 18.1 Å². The van der Waals surface area contributed by atoms with Gasteiger partial charge in [0.2, 0.25) is 5.91 Å². The van der Waals surface area contributed by atoms with E-state index in [1.165, 1.54) is 0 Å². The largest absolute Gasteiger partial charge is 0.335 e. The second-order valence-electron chi connectivity index (χ2n) is 5.49. The van der Waals surface area contributed by atoms with Crippen molar-refractivity contribution in [2.24, 2.45) is 5.92 Å². The summed E-state index contributed by atoms with van der Waals surface area (Å²) in [5.74, 6) is -0.217. The van der Waals surface area contributed by atoms with Crippen molar-refractivity contribution in [3.05, 3.63) is 34.9 Å². The fourth-order valence-electron chi connectivity index (χ4n) is 2.91. The first-order valence-corrected chi connectivity index (χ1v) is 8.92. The van der Waals surface area contributed by atoms with E-state index in [9.17, 15) is 13.2 Å². The summed E-state index contributed by atoms with van der Waals surface area (Å²) in [5.41, 5.74) is 1.06. The average molecular weight is 314 g/mol. The second kappa shape index (κ2) is 5.04. The zero-order valence-electron chi connectivity index (χ0n) is 11.0. The molecule has 0 N–H and O–H groups in total. The molecule has 2 atom stereocenters. The fraction of sp³-hybridized carbons (Fsp3) is 0.500. The molecule has 0 saturated carbocycles. The molecule has 0 spiro atoms. The van der Waals surface area contributed by atoms with E-state index in [2.05, 4.69) is 0 Å². The van der Waals surface area contributed by atoms with Crippen molar-refractivity contribution in [3.8, 4) is 0 Å². The van der Waals surface area contributed by atoms with Crippen LogP contribution in [0.15, 0.2) is 24.3 Å².